The average Bonchev–Trinajstić information content (AvgIpc) is 2.87. The minimum Gasteiger partial charge on any atom is -0.469 e. The fourth-order valence-electron chi connectivity index (χ4n) is 12.0. The van der Waals surface area contributed by atoms with Gasteiger partial charge >= 0.3 is 5.97 Å². The predicted octanol–water partition coefficient (Wildman–Crippen LogP) is 4.32. The van der Waals surface area contributed by atoms with Gasteiger partial charge in [-0.3, -0.25) is 4.79 Å². The van der Waals surface area contributed by atoms with Gasteiger partial charge in [0, 0.05) is 11.3 Å². The van der Waals surface area contributed by atoms with Gasteiger partial charge < -0.3 is 25.2 Å². The van der Waals surface area contributed by atoms with Crippen molar-refractivity contribution in [1.29, 1.82) is 0 Å². The van der Waals surface area contributed by atoms with E-state index >= 15 is 0 Å². The Balaban J connectivity index is 1.58. The fourth-order valence-corrected chi connectivity index (χ4v) is 12.0. The summed E-state index contributed by atoms with van der Waals surface area (Å²) >= 11 is 0. The minimum absolute atomic E-state index is 0.0131. The lowest BCUT2D eigenvalue weighted by molar-refractivity contribution is -0.284. The van der Waals surface area contributed by atoms with Crippen LogP contribution < -0.4 is 0 Å². The van der Waals surface area contributed by atoms with Gasteiger partial charge in [-0.25, -0.2) is 0 Å². The highest BCUT2D eigenvalue weighted by Gasteiger charge is 2.73. The summed E-state index contributed by atoms with van der Waals surface area (Å²) in [7, 11) is 1.50. The highest BCUT2D eigenvalue weighted by molar-refractivity contribution is 5.78. The Hall–Kier alpha value is -0.690. The van der Waals surface area contributed by atoms with Gasteiger partial charge in [-0.1, -0.05) is 27.7 Å². The maximum atomic E-state index is 13.5. The van der Waals surface area contributed by atoms with E-state index in [-0.39, 0.29) is 59.1 Å². The number of methoxy groups -OCH3 is 1. The molecule has 6 nitrogen and oxygen atoms in total. The largest absolute Gasteiger partial charge is 0.469 e. The molecule has 0 bridgehead atoms. The van der Waals surface area contributed by atoms with E-state index in [4.69, 9.17) is 4.74 Å². The van der Waals surface area contributed by atoms with Crippen LogP contribution in [0.15, 0.2) is 0 Å². The van der Waals surface area contributed by atoms with Crippen molar-refractivity contribution in [2.45, 2.75) is 111 Å². The van der Waals surface area contributed by atoms with Crippen LogP contribution in [-0.2, 0) is 9.53 Å². The molecule has 0 radical (unpaired) electrons. The van der Waals surface area contributed by atoms with Crippen molar-refractivity contribution in [3.63, 3.8) is 0 Å². The lowest BCUT2D eigenvalue weighted by atomic mass is 9.30. The number of fused-ring (bicyclic) bond motifs is 7. The first kappa shape index (κ1) is 27.9. The zero-order valence-corrected chi connectivity index (χ0v) is 24.1. The van der Waals surface area contributed by atoms with Gasteiger partial charge in [0.15, 0.2) is 0 Å². The first-order chi connectivity index (χ1) is 17.2. The van der Waals surface area contributed by atoms with Crippen molar-refractivity contribution in [2.24, 2.45) is 56.7 Å². The zero-order valence-electron chi connectivity index (χ0n) is 24.1. The molecule has 5 aliphatic carbocycles. The Morgan fingerprint density at radius 1 is 0.838 bits per heavy atom. The molecule has 11 atom stereocenters. The van der Waals surface area contributed by atoms with Gasteiger partial charge in [0.1, 0.15) is 0 Å². The molecule has 0 aromatic heterocycles. The van der Waals surface area contributed by atoms with Crippen LogP contribution in [0.3, 0.4) is 0 Å². The van der Waals surface area contributed by atoms with Crippen LogP contribution >= 0.6 is 0 Å². The van der Waals surface area contributed by atoms with Crippen LogP contribution in [-0.4, -0.2) is 58.4 Å². The Bertz CT molecular complexity index is 913. The standard InChI is InChI=1S/C31H52O6/c1-19-9-14-30(25(35)37-6)16-15-27(3)20(24(30)29(19,5)36)7-8-21-26(2)12-11-23(34)31(17-32,18-33)22(26)10-13-28(21,27)4/h19-24,32-34,36H,7-18H2,1-6H3/t19-,20-,21-,22-,23+,24-,26-,27-,28-,29-,30+/m1/s1. The number of carbonyl (C=O) groups excluding carboxylic acids is 1. The van der Waals surface area contributed by atoms with Crippen molar-refractivity contribution in [2.75, 3.05) is 20.3 Å². The van der Waals surface area contributed by atoms with Gasteiger partial charge in [0.05, 0.1) is 37.4 Å². The lowest BCUT2D eigenvalue weighted by Crippen LogP contribution is -2.71. The van der Waals surface area contributed by atoms with E-state index < -0.39 is 22.5 Å². The molecule has 0 amide bonds. The molecule has 5 rings (SSSR count). The quantitative estimate of drug-likeness (QED) is 0.413. The first-order valence-electron chi connectivity index (χ1n) is 15.0. The summed E-state index contributed by atoms with van der Waals surface area (Å²) in [5.41, 5.74) is -2.49. The van der Waals surface area contributed by atoms with E-state index in [0.717, 1.165) is 57.8 Å². The summed E-state index contributed by atoms with van der Waals surface area (Å²) in [6.45, 7) is 11.1. The number of hydrogen-bond donors (Lipinski definition) is 4. The summed E-state index contributed by atoms with van der Waals surface area (Å²) in [6, 6.07) is 0. The third kappa shape index (κ3) is 3.22. The van der Waals surface area contributed by atoms with Crippen LogP contribution in [0.4, 0.5) is 0 Å². The summed E-state index contributed by atoms with van der Waals surface area (Å²) < 4.78 is 5.45. The summed E-state index contributed by atoms with van der Waals surface area (Å²) in [4.78, 5) is 13.5. The number of carbonyl (C=O) groups is 1. The van der Waals surface area contributed by atoms with Crippen LogP contribution in [0, 0.1) is 56.7 Å². The van der Waals surface area contributed by atoms with Gasteiger partial charge in [-0.15, -0.1) is 0 Å². The van der Waals surface area contributed by atoms with Crippen LogP contribution in [0.25, 0.3) is 0 Å². The molecule has 0 aromatic rings. The predicted molar refractivity (Wildman–Crippen MR) is 141 cm³/mol. The molecular formula is C31H52O6. The Morgan fingerprint density at radius 2 is 1.51 bits per heavy atom. The first-order valence-corrected chi connectivity index (χ1v) is 15.0. The second-order valence-corrected chi connectivity index (χ2v) is 15.1. The zero-order chi connectivity index (χ0) is 27.2. The number of esters is 1. The van der Waals surface area contributed by atoms with Crippen molar-refractivity contribution in [3.05, 3.63) is 0 Å². The molecule has 5 saturated carbocycles. The van der Waals surface area contributed by atoms with E-state index in [2.05, 4.69) is 27.7 Å². The number of rotatable bonds is 3. The average molecular weight is 521 g/mol. The SMILES string of the molecule is COC(=O)[C@]12CC[C@@H](C)[C@@](C)(O)[C@H]1[C@H]1CC[C@@H]3[C@@]4(C)CC[C@H](O)C(CO)(CO)[C@@H]4CC[C@@]3(C)[C@]1(C)CC2. The van der Waals surface area contributed by atoms with Crippen molar-refractivity contribution >= 4 is 5.97 Å². The molecule has 0 unspecified atom stereocenters. The smallest absolute Gasteiger partial charge is 0.312 e. The Morgan fingerprint density at radius 3 is 2.14 bits per heavy atom. The number of hydrogen-bond acceptors (Lipinski definition) is 6. The Labute approximate surface area is 223 Å². The molecule has 0 heterocycles. The van der Waals surface area contributed by atoms with Crippen molar-refractivity contribution < 1.29 is 30.0 Å². The van der Waals surface area contributed by atoms with Gasteiger partial charge in [-0.05, 0) is 111 Å². The molecule has 37 heavy (non-hydrogen) atoms. The van der Waals surface area contributed by atoms with E-state index in [1.807, 2.05) is 6.92 Å². The lowest BCUT2D eigenvalue weighted by Gasteiger charge is -2.74. The molecule has 6 heteroatoms. The van der Waals surface area contributed by atoms with Crippen LogP contribution in [0.1, 0.15) is 98.8 Å². The maximum Gasteiger partial charge on any atom is 0.312 e. The molecule has 5 aliphatic rings. The second-order valence-electron chi connectivity index (χ2n) is 15.1. The fraction of sp³-hybridized carbons (Fsp3) is 0.968. The van der Waals surface area contributed by atoms with Gasteiger partial charge in [0.25, 0.3) is 0 Å². The normalized spacial score (nSPS) is 54.8. The summed E-state index contributed by atoms with van der Waals surface area (Å²) in [5.74, 6) is 0.584. The Kier molecular flexibility index (Phi) is 6.52. The molecule has 4 N–H and O–H groups in total. The summed E-state index contributed by atoms with van der Waals surface area (Å²) in [5, 5.41) is 44.1. The number of ether oxygens (including phenoxy) is 1. The van der Waals surface area contributed by atoms with E-state index in [0.29, 0.717) is 12.3 Å². The molecule has 212 valence electrons. The third-order valence-corrected chi connectivity index (χ3v) is 14.4. The molecule has 0 saturated heterocycles. The highest BCUT2D eigenvalue weighted by Crippen LogP contribution is 2.77. The maximum absolute atomic E-state index is 13.5. The van der Waals surface area contributed by atoms with Crippen LogP contribution in [0.5, 0.6) is 0 Å². The molecule has 0 spiro atoms. The third-order valence-electron chi connectivity index (χ3n) is 14.4. The van der Waals surface area contributed by atoms with Gasteiger partial charge in [-0.2, -0.15) is 0 Å². The number of aliphatic hydroxyl groups is 4. The van der Waals surface area contributed by atoms with Crippen LogP contribution in [0.2, 0.25) is 0 Å². The molecule has 0 aromatic carbocycles. The minimum atomic E-state index is -0.930. The summed E-state index contributed by atoms with van der Waals surface area (Å²) in [6.07, 6.45) is 8.05. The van der Waals surface area contributed by atoms with Gasteiger partial charge in [0.2, 0.25) is 0 Å². The van der Waals surface area contributed by atoms with E-state index in [9.17, 15) is 25.2 Å². The second kappa shape index (κ2) is 8.65. The monoisotopic (exact) mass is 520 g/mol. The highest BCUT2D eigenvalue weighted by atomic mass is 16.5. The van der Waals surface area contributed by atoms with E-state index in [1.54, 1.807) is 0 Å². The van der Waals surface area contributed by atoms with Crippen molar-refractivity contribution in [1.82, 2.24) is 0 Å². The molecule has 5 fully saturated rings. The topological polar surface area (TPSA) is 107 Å². The number of aliphatic hydroxyl groups excluding tert-OH is 3. The van der Waals surface area contributed by atoms with E-state index in [1.165, 1.54) is 7.11 Å². The van der Waals surface area contributed by atoms with Crippen molar-refractivity contribution in [3.8, 4) is 0 Å². The molecule has 0 aliphatic heterocycles. The molecular weight excluding hydrogens is 468 g/mol.